The first-order chi connectivity index (χ1) is 20.4. The van der Waals surface area contributed by atoms with Crippen LogP contribution in [0.1, 0.15) is 58.5 Å². The Bertz CT molecular complexity index is 1760. The Morgan fingerprint density at radius 1 is 1.00 bits per heavy atom. The summed E-state index contributed by atoms with van der Waals surface area (Å²) in [4.78, 5) is 33.0. The zero-order valence-corrected chi connectivity index (χ0v) is 23.9. The van der Waals surface area contributed by atoms with E-state index in [4.69, 9.17) is 24.6 Å². The smallest absolute Gasteiger partial charge is 0.261 e. The van der Waals surface area contributed by atoms with Crippen LogP contribution in [0.2, 0.25) is 0 Å². The first kappa shape index (κ1) is 27.4. The number of anilines is 2. The van der Waals surface area contributed by atoms with Gasteiger partial charge in [0.15, 0.2) is 0 Å². The predicted molar refractivity (Wildman–Crippen MR) is 162 cm³/mol. The summed E-state index contributed by atoms with van der Waals surface area (Å²) in [6.45, 7) is 6.78. The molecule has 9 heteroatoms. The van der Waals surface area contributed by atoms with Crippen molar-refractivity contribution < 1.29 is 23.5 Å². The fraction of sp³-hybridized carbons (Fsp3) is 0.303. The summed E-state index contributed by atoms with van der Waals surface area (Å²) in [6.07, 6.45) is 4.02. The number of carbonyl (C=O) groups is 2. The van der Waals surface area contributed by atoms with Gasteiger partial charge < -0.3 is 29.8 Å². The Balaban J connectivity index is 1.53. The van der Waals surface area contributed by atoms with Crippen LogP contribution in [0.25, 0.3) is 11.0 Å². The second-order valence-corrected chi connectivity index (χ2v) is 10.4. The SMILES string of the molecule is CCOc1ccc(OCC)c(NC(=O)c2cc3cc4c5c(c3oc2=Nc2cccc(C(N)=O)c2)CCCN5CCC4)c1. The molecule has 0 radical (unpaired) electrons. The molecule has 0 aliphatic carbocycles. The Kier molecular flexibility index (Phi) is 7.56. The minimum absolute atomic E-state index is 0.143. The van der Waals surface area contributed by atoms with Gasteiger partial charge in [-0.3, -0.25) is 9.59 Å². The van der Waals surface area contributed by atoms with Crippen molar-refractivity contribution in [2.24, 2.45) is 10.7 Å². The molecule has 4 aromatic rings. The van der Waals surface area contributed by atoms with Gasteiger partial charge in [0.25, 0.3) is 5.91 Å². The second kappa shape index (κ2) is 11.6. The summed E-state index contributed by atoms with van der Waals surface area (Å²) in [7, 11) is 0. The highest BCUT2D eigenvalue weighted by Crippen LogP contribution is 2.40. The fourth-order valence-electron chi connectivity index (χ4n) is 5.88. The van der Waals surface area contributed by atoms with E-state index < -0.39 is 11.8 Å². The number of amides is 2. The van der Waals surface area contributed by atoms with E-state index in [1.165, 1.54) is 11.3 Å². The number of carbonyl (C=O) groups excluding carboxylic acids is 2. The number of benzene rings is 3. The number of aryl methyl sites for hydroxylation is 2. The van der Waals surface area contributed by atoms with E-state index in [9.17, 15) is 9.59 Å². The molecule has 0 fully saturated rings. The lowest BCUT2D eigenvalue weighted by molar-refractivity contribution is 0.0997. The Labute approximate surface area is 243 Å². The summed E-state index contributed by atoms with van der Waals surface area (Å²) in [5.74, 6) is 0.170. The molecule has 2 amide bonds. The van der Waals surface area contributed by atoms with Gasteiger partial charge in [-0.2, -0.15) is 0 Å². The average Bonchev–Trinajstić information content (AvgIpc) is 2.99. The van der Waals surface area contributed by atoms with Crippen LogP contribution in [0.15, 0.2) is 64.0 Å². The highest BCUT2D eigenvalue weighted by Gasteiger charge is 2.27. The van der Waals surface area contributed by atoms with Crippen LogP contribution >= 0.6 is 0 Å². The predicted octanol–water partition coefficient (Wildman–Crippen LogP) is 5.51. The van der Waals surface area contributed by atoms with E-state index in [2.05, 4.69) is 16.3 Å². The minimum Gasteiger partial charge on any atom is -0.494 e. The second-order valence-electron chi connectivity index (χ2n) is 10.4. The normalized spacial score (nSPS) is 14.4. The topological polar surface area (TPSA) is 119 Å². The molecule has 0 bridgehead atoms. The fourth-order valence-corrected chi connectivity index (χ4v) is 5.88. The minimum atomic E-state index is -0.561. The Morgan fingerprint density at radius 3 is 2.60 bits per heavy atom. The molecule has 42 heavy (non-hydrogen) atoms. The quantitative estimate of drug-likeness (QED) is 0.290. The lowest BCUT2D eigenvalue weighted by Gasteiger charge is -2.37. The lowest BCUT2D eigenvalue weighted by Crippen LogP contribution is -2.34. The van der Waals surface area contributed by atoms with Crippen LogP contribution < -0.4 is 31.0 Å². The van der Waals surface area contributed by atoms with Gasteiger partial charge in [0.1, 0.15) is 22.6 Å². The van der Waals surface area contributed by atoms with Crippen molar-refractivity contribution in [3.8, 4) is 11.5 Å². The molecule has 0 unspecified atom stereocenters. The third-order valence-corrected chi connectivity index (χ3v) is 7.65. The van der Waals surface area contributed by atoms with Crippen LogP contribution in [0.4, 0.5) is 17.1 Å². The highest BCUT2D eigenvalue weighted by molar-refractivity contribution is 6.06. The number of primary amides is 1. The van der Waals surface area contributed by atoms with Crippen molar-refractivity contribution in [3.63, 3.8) is 0 Å². The molecule has 0 saturated carbocycles. The van der Waals surface area contributed by atoms with Gasteiger partial charge >= 0.3 is 0 Å². The third-order valence-electron chi connectivity index (χ3n) is 7.65. The molecular weight excluding hydrogens is 532 g/mol. The van der Waals surface area contributed by atoms with Gasteiger partial charge in [-0.05, 0) is 87.6 Å². The highest BCUT2D eigenvalue weighted by atomic mass is 16.5. The number of nitrogens with zero attached hydrogens (tertiary/aromatic N) is 2. The summed E-state index contributed by atoms with van der Waals surface area (Å²) in [5.41, 5.74) is 11.6. The van der Waals surface area contributed by atoms with E-state index >= 15 is 0 Å². The number of ether oxygens (including phenoxy) is 2. The molecule has 3 N–H and O–H groups in total. The van der Waals surface area contributed by atoms with Crippen molar-refractivity contribution in [3.05, 3.63) is 82.4 Å². The van der Waals surface area contributed by atoms with Crippen LogP contribution in [-0.2, 0) is 12.8 Å². The summed E-state index contributed by atoms with van der Waals surface area (Å²) >= 11 is 0. The summed E-state index contributed by atoms with van der Waals surface area (Å²) < 4.78 is 18.0. The number of hydrogen-bond acceptors (Lipinski definition) is 7. The van der Waals surface area contributed by atoms with Crippen molar-refractivity contribution in [1.29, 1.82) is 0 Å². The Morgan fingerprint density at radius 2 is 1.81 bits per heavy atom. The first-order valence-corrected chi connectivity index (χ1v) is 14.5. The van der Waals surface area contributed by atoms with Gasteiger partial charge in [-0.1, -0.05) is 6.07 Å². The lowest BCUT2D eigenvalue weighted by atomic mass is 9.90. The molecular formula is C33H34N4O5. The molecule has 1 aromatic heterocycles. The zero-order valence-electron chi connectivity index (χ0n) is 23.9. The van der Waals surface area contributed by atoms with Crippen molar-refractivity contribution in [2.45, 2.75) is 39.5 Å². The van der Waals surface area contributed by atoms with Crippen LogP contribution in [0, 0.1) is 0 Å². The first-order valence-electron chi connectivity index (χ1n) is 14.5. The monoisotopic (exact) mass is 566 g/mol. The zero-order chi connectivity index (χ0) is 29.2. The maximum Gasteiger partial charge on any atom is 0.261 e. The standard InChI is InChI=1S/C33H34N4O5/c1-3-40-24-12-13-28(41-4-2)27(19-24)36-32(39)26-18-22-16-20-9-6-14-37-15-7-11-25(29(20)37)30(22)42-33(26)35-23-10-5-8-21(17-23)31(34)38/h5,8,10,12-13,16-19H,3-4,6-7,9,11,14-15H2,1-2H3,(H2,34,38)(H,36,39). The molecule has 0 saturated heterocycles. The molecule has 6 rings (SSSR count). The molecule has 2 aliphatic rings. The molecule has 0 spiro atoms. The summed E-state index contributed by atoms with van der Waals surface area (Å²) in [6, 6.07) is 16.0. The van der Waals surface area contributed by atoms with E-state index in [0.717, 1.165) is 55.3 Å². The maximum atomic E-state index is 14.0. The van der Waals surface area contributed by atoms with Crippen molar-refractivity contribution in [2.75, 3.05) is 36.5 Å². The number of nitrogens with two attached hydrogens (primary N) is 1. The molecule has 0 atom stereocenters. The maximum absolute atomic E-state index is 14.0. The number of hydrogen-bond donors (Lipinski definition) is 2. The van der Waals surface area contributed by atoms with Gasteiger partial charge in [0.2, 0.25) is 11.5 Å². The van der Waals surface area contributed by atoms with E-state index in [-0.39, 0.29) is 11.1 Å². The molecule has 3 heterocycles. The van der Waals surface area contributed by atoms with E-state index in [1.807, 2.05) is 19.9 Å². The van der Waals surface area contributed by atoms with Crippen molar-refractivity contribution in [1.82, 2.24) is 0 Å². The van der Waals surface area contributed by atoms with Gasteiger partial charge in [0, 0.05) is 41.4 Å². The van der Waals surface area contributed by atoms with Crippen LogP contribution in [0.5, 0.6) is 11.5 Å². The Hall–Kier alpha value is -4.79. The van der Waals surface area contributed by atoms with Gasteiger partial charge in [0.05, 0.1) is 24.6 Å². The van der Waals surface area contributed by atoms with Crippen LogP contribution in [-0.4, -0.2) is 38.1 Å². The molecule has 2 aliphatic heterocycles. The van der Waals surface area contributed by atoms with E-state index in [0.29, 0.717) is 41.7 Å². The molecule has 3 aromatic carbocycles. The number of fused-ring (bicyclic) bond motifs is 2. The molecule has 9 nitrogen and oxygen atoms in total. The number of rotatable bonds is 8. The summed E-state index contributed by atoms with van der Waals surface area (Å²) in [5, 5.41) is 3.85. The average molecular weight is 567 g/mol. The largest absolute Gasteiger partial charge is 0.494 e. The van der Waals surface area contributed by atoms with Gasteiger partial charge in [-0.25, -0.2) is 4.99 Å². The van der Waals surface area contributed by atoms with Crippen molar-refractivity contribution >= 4 is 39.8 Å². The van der Waals surface area contributed by atoms with Crippen LogP contribution in [0.3, 0.4) is 0 Å². The molecule has 216 valence electrons. The third kappa shape index (κ3) is 5.30. The van der Waals surface area contributed by atoms with Gasteiger partial charge in [-0.15, -0.1) is 0 Å². The van der Waals surface area contributed by atoms with E-state index in [1.54, 1.807) is 42.5 Å². The number of nitrogens with one attached hydrogen (secondary N) is 1.